The SMILES string of the molecule is COC[C@H]1CN(Cc2c[nH]c3c(N)ncnc23)C[C@@H]1O. The van der Waals surface area contributed by atoms with Crippen molar-refractivity contribution in [3.63, 3.8) is 0 Å². The number of fused-ring (bicyclic) bond motifs is 1. The Bertz CT molecular complexity index is 599. The third-order valence-corrected chi connectivity index (χ3v) is 3.83. The molecular weight excluding hydrogens is 258 g/mol. The second kappa shape index (κ2) is 5.35. The van der Waals surface area contributed by atoms with Gasteiger partial charge in [-0.25, -0.2) is 9.97 Å². The Balaban J connectivity index is 1.76. The third kappa shape index (κ3) is 2.35. The molecule has 1 fully saturated rings. The molecule has 3 heterocycles. The minimum atomic E-state index is -0.333. The number of hydrogen-bond donors (Lipinski definition) is 3. The number of rotatable bonds is 4. The van der Waals surface area contributed by atoms with Crippen LogP contribution in [0.4, 0.5) is 5.82 Å². The van der Waals surface area contributed by atoms with Crippen LogP contribution >= 0.6 is 0 Å². The number of H-pyrrole nitrogens is 1. The van der Waals surface area contributed by atoms with E-state index in [0.717, 1.165) is 29.7 Å². The second-order valence-electron chi connectivity index (χ2n) is 5.27. The first-order valence-corrected chi connectivity index (χ1v) is 6.65. The molecule has 1 aliphatic rings. The quantitative estimate of drug-likeness (QED) is 0.726. The van der Waals surface area contributed by atoms with E-state index in [1.165, 1.54) is 6.33 Å². The molecule has 4 N–H and O–H groups in total. The monoisotopic (exact) mass is 277 g/mol. The zero-order chi connectivity index (χ0) is 14.1. The van der Waals surface area contributed by atoms with Gasteiger partial charge in [-0.15, -0.1) is 0 Å². The van der Waals surface area contributed by atoms with Crippen LogP contribution in [0.25, 0.3) is 11.0 Å². The maximum absolute atomic E-state index is 10.0. The summed E-state index contributed by atoms with van der Waals surface area (Å²) >= 11 is 0. The summed E-state index contributed by atoms with van der Waals surface area (Å²) in [6.45, 7) is 2.79. The zero-order valence-corrected chi connectivity index (χ0v) is 11.4. The van der Waals surface area contributed by atoms with E-state index < -0.39 is 0 Å². The van der Waals surface area contributed by atoms with E-state index in [4.69, 9.17) is 10.5 Å². The lowest BCUT2D eigenvalue weighted by Crippen LogP contribution is -2.21. The number of nitrogens with one attached hydrogen (secondary N) is 1. The van der Waals surface area contributed by atoms with Crippen LogP contribution in [0.15, 0.2) is 12.5 Å². The lowest BCUT2D eigenvalue weighted by molar-refractivity contribution is 0.0791. The molecule has 0 saturated carbocycles. The molecule has 2 aromatic heterocycles. The molecule has 0 unspecified atom stereocenters. The largest absolute Gasteiger partial charge is 0.391 e. The molecule has 3 rings (SSSR count). The highest BCUT2D eigenvalue weighted by molar-refractivity contribution is 5.86. The van der Waals surface area contributed by atoms with Crippen molar-refractivity contribution in [2.45, 2.75) is 12.6 Å². The predicted molar refractivity (Wildman–Crippen MR) is 75.0 cm³/mol. The van der Waals surface area contributed by atoms with Gasteiger partial charge < -0.3 is 20.6 Å². The average Bonchev–Trinajstić information content (AvgIpc) is 2.97. The van der Waals surface area contributed by atoms with Gasteiger partial charge in [-0.3, -0.25) is 4.90 Å². The normalized spacial score (nSPS) is 23.7. The van der Waals surface area contributed by atoms with Gasteiger partial charge in [0, 0.05) is 44.4 Å². The minimum absolute atomic E-state index is 0.171. The number of aromatic amines is 1. The fourth-order valence-corrected chi connectivity index (χ4v) is 2.82. The molecule has 108 valence electrons. The van der Waals surface area contributed by atoms with Gasteiger partial charge in [-0.1, -0.05) is 0 Å². The minimum Gasteiger partial charge on any atom is -0.391 e. The van der Waals surface area contributed by atoms with Crippen LogP contribution in [0, 0.1) is 5.92 Å². The van der Waals surface area contributed by atoms with Gasteiger partial charge in [0.05, 0.1) is 18.2 Å². The van der Waals surface area contributed by atoms with E-state index in [1.54, 1.807) is 7.11 Å². The summed E-state index contributed by atoms with van der Waals surface area (Å²) in [5, 5.41) is 10.0. The molecule has 2 atom stereocenters. The van der Waals surface area contributed by atoms with Crippen molar-refractivity contribution >= 4 is 16.9 Å². The molecule has 1 saturated heterocycles. The molecule has 0 aromatic carbocycles. The van der Waals surface area contributed by atoms with Gasteiger partial charge in [0.2, 0.25) is 0 Å². The van der Waals surface area contributed by atoms with Crippen LogP contribution in [-0.4, -0.2) is 57.9 Å². The number of nitrogen functional groups attached to an aromatic ring is 1. The van der Waals surface area contributed by atoms with E-state index in [-0.39, 0.29) is 12.0 Å². The molecular formula is C13H19N5O2. The van der Waals surface area contributed by atoms with Gasteiger partial charge >= 0.3 is 0 Å². The number of likely N-dealkylation sites (tertiary alicyclic amines) is 1. The Kier molecular flexibility index (Phi) is 3.56. The van der Waals surface area contributed by atoms with Gasteiger partial charge in [-0.05, 0) is 0 Å². The van der Waals surface area contributed by atoms with Crippen molar-refractivity contribution in [2.24, 2.45) is 5.92 Å². The molecule has 2 aromatic rings. The first kappa shape index (κ1) is 13.3. The third-order valence-electron chi connectivity index (χ3n) is 3.83. The summed E-state index contributed by atoms with van der Waals surface area (Å²) in [5.74, 6) is 0.630. The van der Waals surface area contributed by atoms with Crippen LogP contribution in [-0.2, 0) is 11.3 Å². The van der Waals surface area contributed by atoms with Crippen molar-refractivity contribution in [1.29, 1.82) is 0 Å². The van der Waals surface area contributed by atoms with Crippen LogP contribution in [0.1, 0.15) is 5.56 Å². The number of nitrogens with two attached hydrogens (primary N) is 1. The molecule has 0 aliphatic carbocycles. The number of anilines is 1. The van der Waals surface area contributed by atoms with Gasteiger partial charge in [0.1, 0.15) is 11.8 Å². The summed E-state index contributed by atoms with van der Waals surface area (Å²) in [6, 6.07) is 0. The molecule has 0 radical (unpaired) electrons. The molecule has 0 amide bonds. The van der Waals surface area contributed by atoms with Gasteiger partial charge in [0.15, 0.2) is 5.82 Å². The number of methoxy groups -OCH3 is 1. The van der Waals surface area contributed by atoms with E-state index in [1.807, 2.05) is 6.20 Å². The Morgan fingerprint density at radius 3 is 3.15 bits per heavy atom. The number of aliphatic hydroxyl groups is 1. The summed E-state index contributed by atoms with van der Waals surface area (Å²) < 4.78 is 5.14. The number of β-amino-alcohol motifs (C(OH)–C–C–N with tert-alkyl or cyclic N) is 1. The number of aliphatic hydroxyl groups excluding tert-OH is 1. The van der Waals surface area contributed by atoms with Crippen LogP contribution in [0.5, 0.6) is 0 Å². The van der Waals surface area contributed by atoms with Crippen molar-refractivity contribution in [3.8, 4) is 0 Å². The average molecular weight is 277 g/mol. The summed E-state index contributed by atoms with van der Waals surface area (Å²) in [4.78, 5) is 13.6. The highest BCUT2D eigenvalue weighted by atomic mass is 16.5. The molecule has 0 bridgehead atoms. The van der Waals surface area contributed by atoms with E-state index in [0.29, 0.717) is 19.0 Å². The predicted octanol–water partition coefficient (Wildman–Crippen LogP) is -0.0208. The lowest BCUT2D eigenvalue weighted by Gasteiger charge is -2.14. The van der Waals surface area contributed by atoms with E-state index in [2.05, 4.69) is 19.9 Å². The number of hydrogen-bond acceptors (Lipinski definition) is 6. The highest BCUT2D eigenvalue weighted by Gasteiger charge is 2.31. The first-order chi connectivity index (χ1) is 9.69. The smallest absolute Gasteiger partial charge is 0.151 e. The lowest BCUT2D eigenvalue weighted by atomic mass is 10.1. The highest BCUT2D eigenvalue weighted by Crippen LogP contribution is 2.24. The molecule has 0 spiro atoms. The van der Waals surface area contributed by atoms with Crippen molar-refractivity contribution in [3.05, 3.63) is 18.1 Å². The Morgan fingerprint density at radius 1 is 1.50 bits per heavy atom. The van der Waals surface area contributed by atoms with E-state index >= 15 is 0 Å². The maximum Gasteiger partial charge on any atom is 0.151 e. The second-order valence-corrected chi connectivity index (χ2v) is 5.27. The molecule has 7 heteroatoms. The van der Waals surface area contributed by atoms with Crippen LogP contribution < -0.4 is 5.73 Å². The fraction of sp³-hybridized carbons (Fsp3) is 0.538. The molecule has 7 nitrogen and oxygen atoms in total. The van der Waals surface area contributed by atoms with Gasteiger partial charge in [0.25, 0.3) is 0 Å². The van der Waals surface area contributed by atoms with Crippen molar-refractivity contribution in [1.82, 2.24) is 19.9 Å². The fourth-order valence-electron chi connectivity index (χ4n) is 2.82. The topological polar surface area (TPSA) is 100 Å². The standard InChI is InChI=1S/C13H19N5O2/c1-20-6-9-4-18(5-10(9)19)3-8-2-15-12-11(8)16-7-17-13(12)14/h2,7,9-10,15,19H,3-6H2,1H3,(H2,14,16,17)/t9-,10+/m1/s1. The number of nitrogens with zero attached hydrogens (tertiary/aromatic N) is 3. The number of aromatic nitrogens is 3. The summed E-state index contributed by atoms with van der Waals surface area (Å²) in [6.07, 6.45) is 3.05. The van der Waals surface area contributed by atoms with E-state index in [9.17, 15) is 5.11 Å². The summed E-state index contributed by atoms with van der Waals surface area (Å²) in [5.41, 5.74) is 8.50. The Labute approximate surface area is 116 Å². The number of ether oxygens (including phenoxy) is 1. The van der Waals surface area contributed by atoms with Gasteiger partial charge in [-0.2, -0.15) is 0 Å². The molecule has 20 heavy (non-hydrogen) atoms. The zero-order valence-electron chi connectivity index (χ0n) is 11.4. The van der Waals surface area contributed by atoms with Crippen LogP contribution in [0.2, 0.25) is 0 Å². The van der Waals surface area contributed by atoms with Crippen molar-refractivity contribution in [2.75, 3.05) is 32.5 Å². The summed E-state index contributed by atoms with van der Waals surface area (Å²) in [7, 11) is 1.66. The van der Waals surface area contributed by atoms with Crippen molar-refractivity contribution < 1.29 is 9.84 Å². The first-order valence-electron chi connectivity index (χ1n) is 6.65. The van der Waals surface area contributed by atoms with Crippen LogP contribution in [0.3, 0.4) is 0 Å². The Morgan fingerprint density at radius 2 is 2.35 bits per heavy atom. The molecule has 1 aliphatic heterocycles. The Hall–Kier alpha value is -1.70. The maximum atomic E-state index is 10.0.